The van der Waals surface area contributed by atoms with Crippen LogP contribution in [-0.4, -0.2) is 19.2 Å². The predicted octanol–water partition coefficient (Wildman–Crippen LogP) is 5.68. The first kappa shape index (κ1) is 17.6. The fraction of sp³-hybridized carbons (Fsp3) is 0.111. The van der Waals surface area contributed by atoms with Crippen LogP contribution in [-0.2, 0) is 0 Å². The van der Waals surface area contributed by atoms with Gasteiger partial charge in [-0.2, -0.15) is 5.26 Å². The molecule has 25 heavy (non-hydrogen) atoms. The minimum absolute atomic E-state index is 0.404. The Kier molecular flexibility index (Phi) is 5.14. The van der Waals surface area contributed by atoms with Gasteiger partial charge in [-0.1, -0.05) is 23.2 Å². The number of methoxy groups -OCH3 is 2. The molecule has 0 radical (unpaired) electrons. The van der Waals surface area contributed by atoms with Crippen molar-refractivity contribution >= 4 is 56.4 Å². The predicted molar refractivity (Wildman–Crippen MR) is 103 cm³/mol. The topological polar surface area (TPSA) is 55.1 Å². The van der Waals surface area contributed by atoms with E-state index in [1.807, 2.05) is 6.07 Å². The number of nitriles is 1. The molecular formula is C18H12Cl2N2O2S. The van der Waals surface area contributed by atoms with Crippen molar-refractivity contribution in [3.8, 4) is 17.6 Å². The van der Waals surface area contributed by atoms with Gasteiger partial charge in [0.1, 0.15) is 11.1 Å². The van der Waals surface area contributed by atoms with Crippen LogP contribution in [0.2, 0.25) is 10.0 Å². The van der Waals surface area contributed by atoms with Gasteiger partial charge in [-0.3, -0.25) is 0 Å². The minimum atomic E-state index is 0.404. The minimum Gasteiger partial charge on any atom is -0.493 e. The Morgan fingerprint density at radius 2 is 2.00 bits per heavy atom. The van der Waals surface area contributed by atoms with Gasteiger partial charge in [0, 0.05) is 5.02 Å². The smallest absolute Gasteiger partial charge is 0.179 e. The largest absolute Gasteiger partial charge is 0.493 e. The monoisotopic (exact) mass is 390 g/mol. The quantitative estimate of drug-likeness (QED) is 0.537. The van der Waals surface area contributed by atoms with Gasteiger partial charge in [-0.25, -0.2) is 4.98 Å². The van der Waals surface area contributed by atoms with Crippen LogP contribution in [0.25, 0.3) is 21.9 Å². The number of halogens is 2. The Morgan fingerprint density at radius 3 is 2.68 bits per heavy atom. The maximum atomic E-state index is 9.55. The van der Waals surface area contributed by atoms with Crippen LogP contribution >= 0.6 is 34.5 Å². The molecule has 0 fully saturated rings. The van der Waals surface area contributed by atoms with Crippen LogP contribution < -0.4 is 9.47 Å². The maximum absolute atomic E-state index is 9.55. The first-order valence-electron chi connectivity index (χ1n) is 7.15. The highest BCUT2D eigenvalue weighted by Gasteiger charge is 2.13. The number of thiazole rings is 1. The van der Waals surface area contributed by atoms with Gasteiger partial charge in [-0.05, 0) is 42.0 Å². The lowest BCUT2D eigenvalue weighted by molar-refractivity contribution is 0.355. The number of fused-ring (bicyclic) bond motifs is 1. The Labute approximate surface area is 158 Å². The molecular weight excluding hydrogens is 379 g/mol. The van der Waals surface area contributed by atoms with E-state index < -0.39 is 0 Å². The average molecular weight is 391 g/mol. The van der Waals surface area contributed by atoms with Gasteiger partial charge in [-0.15, -0.1) is 11.3 Å². The van der Waals surface area contributed by atoms with Crippen LogP contribution in [0, 0.1) is 11.3 Å². The third-order valence-electron chi connectivity index (χ3n) is 3.47. The summed E-state index contributed by atoms with van der Waals surface area (Å²) in [6.07, 6.45) is 1.72. The zero-order valence-electron chi connectivity index (χ0n) is 13.3. The highest BCUT2D eigenvalue weighted by molar-refractivity contribution is 7.19. The zero-order valence-corrected chi connectivity index (χ0v) is 15.7. The second kappa shape index (κ2) is 7.32. The Hall–Kier alpha value is -2.26. The lowest BCUT2D eigenvalue weighted by Crippen LogP contribution is -1.92. The van der Waals surface area contributed by atoms with Crippen molar-refractivity contribution < 1.29 is 9.47 Å². The van der Waals surface area contributed by atoms with Gasteiger partial charge < -0.3 is 9.47 Å². The molecule has 7 heteroatoms. The lowest BCUT2D eigenvalue weighted by Gasteiger charge is -2.10. The summed E-state index contributed by atoms with van der Waals surface area (Å²) in [4.78, 5) is 4.49. The van der Waals surface area contributed by atoms with Crippen molar-refractivity contribution in [1.29, 1.82) is 5.26 Å². The van der Waals surface area contributed by atoms with Gasteiger partial charge in [0.25, 0.3) is 0 Å². The number of benzene rings is 2. The number of rotatable bonds is 4. The number of nitrogens with zero attached hydrogens (tertiary/aromatic N) is 2. The molecule has 0 aliphatic heterocycles. The third-order valence-corrected chi connectivity index (χ3v) is 5.05. The molecule has 0 N–H and O–H groups in total. The Morgan fingerprint density at radius 1 is 1.20 bits per heavy atom. The summed E-state index contributed by atoms with van der Waals surface area (Å²) >= 11 is 13.6. The van der Waals surface area contributed by atoms with Gasteiger partial charge in [0.05, 0.1) is 35.0 Å². The van der Waals surface area contributed by atoms with E-state index in [-0.39, 0.29) is 0 Å². The van der Waals surface area contributed by atoms with E-state index in [1.54, 1.807) is 30.3 Å². The summed E-state index contributed by atoms with van der Waals surface area (Å²) in [7, 11) is 3.05. The fourth-order valence-corrected chi connectivity index (χ4v) is 3.72. The van der Waals surface area contributed by atoms with Crippen molar-refractivity contribution in [2.24, 2.45) is 0 Å². The first-order chi connectivity index (χ1) is 12.0. The average Bonchev–Trinajstić information content (AvgIpc) is 3.01. The lowest BCUT2D eigenvalue weighted by atomic mass is 10.1. The van der Waals surface area contributed by atoms with E-state index >= 15 is 0 Å². The molecule has 3 rings (SSSR count). The second-order valence-corrected chi connectivity index (χ2v) is 6.91. The van der Waals surface area contributed by atoms with E-state index in [2.05, 4.69) is 11.1 Å². The summed E-state index contributed by atoms with van der Waals surface area (Å²) < 4.78 is 11.5. The third kappa shape index (κ3) is 3.57. The molecule has 0 aliphatic rings. The second-order valence-electron chi connectivity index (χ2n) is 5.04. The maximum Gasteiger partial charge on any atom is 0.179 e. The highest BCUT2D eigenvalue weighted by Crippen LogP contribution is 2.37. The van der Waals surface area contributed by atoms with E-state index in [0.29, 0.717) is 32.1 Å². The van der Waals surface area contributed by atoms with Crippen molar-refractivity contribution in [2.75, 3.05) is 14.2 Å². The number of ether oxygens (including phenoxy) is 2. The number of aromatic nitrogens is 1. The van der Waals surface area contributed by atoms with Gasteiger partial charge in [0.2, 0.25) is 0 Å². The van der Waals surface area contributed by atoms with Gasteiger partial charge in [0.15, 0.2) is 11.5 Å². The molecule has 0 bridgehead atoms. The highest BCUT2D eigenvalue weighted by atomic mass is 35.5. The SMILES string of the molecule is COc1cc(/C=C(\C#N)c2nc3cc(Cl)ccc3s2)cc(Cl)c1OC. The standard InChI is InChI=1S/C18H12Cl2N2O2S/c1-23-15-7-10(6-13(20)17(15)24-2)5-11(9-21)18-22-14-8-12(19)3-4-16(14)25-18/h3-8H,1-2H3/b11-5+. The van der Waals surface area contributed by atoms with Crippen LogP contribution in [0.1, 0.15) is 10.6 Å². The molecule has 126 valence electrons. The van der Waals surface area contributed by atoms with Crippen molar-refractivity contribution in [3.63, 3.8) is 0 Å². The fourth-order valence-electron chi connectivity index (χ4n) is 2.35. The molecule has 0 amide bonds. The van der Waals surface area contributed by atoms with Crippen molar-refractivity contribution in [1.82, 2.24) is 4.98 Å². The summed E-state index contributed by atoms with van der Waals surface area (Å²) in [5.74, 6) is 0.948. The van der Waals surface area contributed by atoms with Crippen LogP contribution in [0.5, 0.6) is 11.5 Å². The Bertz CT molecular complexity index is 1020. The van der Waals surface area contributed by atoms with Crippen molar-refractivity contribution in [3.05, 3.63) is 50.9 Å². The molecule has 3 aromatic rings. The molecule has 0 spiro atoms. The molecule has 0 unspecified atom stereocenters. The first-order valence-corrected chi connectivity index (χ1v) is 8.72. The van der Waals surface area contributed by atoms with Crippen LogP contribution in [0.15, 0.2) is 30.3 Å². The summed E-state index contributed by atoms with van der Waals surface area (Å²) in [5.41, 5.74) is 1.91. The summed E-state index contributed by atoms with van der Waals surface area (Å²) in [6.45, 7) is 0. The molecule has 2 aromatic carbocycles. The summed E-state index contributed by atoms with van der Waals surface area (Å²) in [5, 5.41) is 11.2. The number of allylic oxidation sites excluding steroid dienone is 1. The molecule has 0 saturated heterocycles. The molecule has 1 aromatic heterocycles. The Balaban J connectivity index is 2.08. The number of hydrogen-bond acceptors (Lipinski definition) is 5. The molecule has 0 aliphatic carbocycles. The van der Waals surface area contributed by atoms with E-state index in [4.69, 9.17) is 32.7 Å². The molecule has 1 heterocycles. The van der Waals surface area contributed by atoms with E-state index in [9.17, 15) is 5.26 Å². The van der Waals surface area contributed by atoms with Gasteiger partial charge >= 0.3 is 0 Å². The zero-order chi connectivity index (χ0) is 18.0. The molecule has 0 saturated carbocycles. The summed E-state index contributed by atoms with van der Waals surface area (Å²) in [6, 6.07) is 11.1. The number of hydrogen-bond donors (Lipinski definition) is 0. The molecule has 4 nitrogen and oxygen atoms in total. The normalized spacial score (nSPS) is 11.4. The van der Waals surface area contributed by atoms with Crippen LogP contribution in [0.4, 0.5) is 0 Å². The molecule has 0 atom stereocenters. The van der Waals surface area contributed by atoms with E-state index in [1.165, 1.54) is 25.6 Å². The van der Waals surface area contributed by atoms with E-state index in [0.717, 1.165) is 15.8 Å². The van der Waals surface area contributed by atoms with Crippen LogP contribution in [0.3, 0.4) is 0 Å². The van der Waals surface area contributed by atoms with Crippen molar-refractivity contribution in [2.45, 2.75) is 0 Å².